The van der Waals surface area contributed by atoms with E-state index in [2.05, 4.69) is 53.1 Å². The molecule has 0 spiro atoms. The van der Waals surface area contributed by atoms with Crippen molar-refractivity contribution >= 4 is 17.4 Å². The molecule has 0 radical (unpaired) electrons. The van der Waals surface area contributed by atoms with E-state index in [1.807, 2.05) is 17.8 Å². The predicted octanol–water partition coefficient (Wildman–Crippen LogP) is 4.57. The zero-order valence-corrected chi connectivity index (χ0v) is 18.1. The first-order valence-corrected chi connectivity index (χ1v) is 11.1. The van der Waals surface area contributed by atoms with Crippen LogP contribution in [0.25, 0.3) is 0 Å². The predicted molar refractivity (Wildman–Crippen MR) is 119 cm³/mol. The Morgan fingerprint density at radius 1 is 0.929 bits per heavy atom. The number of benzene rings is 2. The van der Waals surface area contributed by atoms with Crippen molar-refractivity contribution in [1.29, 1.82) is 0 Å². The first kappa shape index (κ1) is 20.9. The minimum absolute atomic E-state index is 0.791. The lowest BCUT2D eigenvalue weighted by Gasteiger charge is -2.37. The quantitative estimate of drug-likeness (QED) is 0.574. The number of hydrogen-bond donors (Lipinski definition) is 0. The van der Waals surface area contributed by atoms with Crippen LogP contribution in [0.5, 0.6) is 11.5 Å². The molecule has 5 heteroatoms. The van der Waals surface area contributed by atoms with Gasteiger partial charge in [0.05, 0.1) is 19.9 Å². The molecule has 1 aliphatic rings. The first-order chi connectivity index (χ1) is 13.7. The van der Waals surface area contributed by atoms with Crippen molar-refractivity contribution in [3.63, 3.8) is 0 Å². The number of ether oxygens (including phenoxy) is 2. The molecule has 0 N–H and O–H groups in total. The molecule has 152 valence electrons. The molecule has 0 bridgehead atoms. The maximum Gasteiger partial charge on any atom is 0.160 e. The highest BCUT2D eigenvalue weighted by atomic mass is 32.2. The number of hydrogen-bond acceptors (Lipinski definition) is 5. The Morgan fingerprint density at radius 3 is 2.39 bits per heavy atom. The van der Waals surface area contributed by atoms with Crippen LogP contribution in [0.2, 0.25) is 0 Å². The lowest BCUT2D eigenvalue weighted by molar-refractivity contribution is 0.260. The third-order valence-corrected chi connectivity index (χ3v) is 6.47. The molecule has 28 heavy (non-hydrogen) atoms. The normalized spacial score (nSPS) is 14.9. The van der Waals surface area contributed by atoms with Crippen molar-refractivity contribution in [1.82, 2.24) is 4.90 Å². The highest BCUT2D eigenvalue weighted by molar-refractivity contribution is 7.99. The second-order valence-corrected chi connectivity index (χ2v) is 8.22. The van der Waals surface area contributed by atoms with Crippen molar-refractivity contribution in [2.24, 2.45) is 0 Å². The minimum atomic E-state index is 0.791. The van der Waals surface area contributed by atoms with Gasteiger partial charge in [0.15, 0.2) is 11.5 Å². The summed E-state index contributed by atoms with van der Waals surface area (Å²) in [6, 6.07) is 15.1. The average Bonchev–Trinajstić information content (AvgIpc) is 2.76. The Bertz CT molecular complexity index is 745. The van der Waals surface area contributed by atoms with Crippen molar-refractivity contribution in [2.45, 2.75) is 24.7 Å². The van der Waals surface area contributed by atoms with E-state index in [0.29, 0.717) is 0 Å². The molecule has 2 aromatic rings. The Hall–Kier alpha value is -1.85. The molecule has 1 fully saturated rings. The van der Waals surface area contributed by atoms with Gasteiger partial charge < -0.3 is 14.4 Å². The number of rotatable bonds is 9. The molecule has 2 aromatic carbocycles. The van der Waals surface area contributed by atoms with Gasteiger partial charge in [-0.15, -0.1) is 11.8 Å². The molecule has 1 heterocycles. The highest BCUT2D eigenvalue weighted by Crippen LogP contribution is 2.31. The molecule has 1 aliphatic heterocycles. The Balaban J connectivity index is 1.52. The number of thioether (sulfide) groups is 1. The van der Waals surface area contributed by atoms with Crippen molar-refractivity contribution < 1.29 is 9.47 Å². The van der Waals surface area contributed by atoms with Gasteiger partial charge in [-0.25, -0.2) is 0 Å². The maximum atomic E-state index is 5.42. The van der Waals surface area contributed by atoms with E-state index in [1.165, 1.54) is 28.3 Å². The van der Waals surface area contributed by atoms with Gasteiger partial charge >= 0.3 is 0 Å². The average molecular weight is 401 g/mol. The van der Waals surface area contributed by atoms with Crippen LogP contribution in [0.15, 0.2) is 47.4 Å². The van der Waals surface area contributed by atoms with E-state index in [4.69, 9.17) is 9.47 Å². The van der Waals surface area contributed by atoms with Crippen molar-refractivity contribution in [2.75, 3.05) is 57.6 Å². The zero-order valence-electron chi connectivity index (χ0n) is 17.3. The van der Waals surface area contributed by atoms with E-state index >= 15 is 0 Å². The summed E-state index contributed by atoms with van der Waals surface area (Å²) in [7, 11) is 3.37. The van der Waals surface area contributed by atoms with Crippen LogP contribution >= 0.6 is 11.8 Å². The van der Waals surface area contributed by atoms with Crippen LogP contribution in [0.4, 0.5) is 5.69 Å². The van der Waals surface area contributed by atoms with E-state index in [-0.39, 0.29) is 0 Å². The first-order valence-electron chi connectivity index (χ1n) is 10.1. The molecule has 0 amide bonds. The van der Waals surface area contributed by atoms with E-state index < -0.39 is 0 Å². The van der Waals surface area contributed by atoms with Crippen molar-refractivity contribution in [3.8, 4) is 11.5 Å². The third kappa shape index (κ3) is 5.36. The summed E-state index contributed by atoms with van der Waals surface area (Å²) in [6.45, 7) is 7.73. The van der Waals surface area contributed by atoms with Crippen LogP contribution in [0.1, 0.15) is 18.9 Å². The second kappa shape index (κ2) is 10.6. The third-order valence-electron chi connectivity index (χ3n) is 5.20. The largest absolute Gasteiger partial charge is 0.493 e. The Kier molecular flexibility index (Phi) is 7.92. The van der Waals surface area contributed by atoms with Crippen molar-refractivity contribution in [3.05, 3.63) is 48.0 Å². The summed E-state index contributed by atoms with van der Waals surface area (Å²) < 4.78 is 10.8. The summed E-state index contributed by atoms with van der Waals surface area (Å²) in [5.74, 6) is 2.79. The second-order valence-electron chi connectivity index (χ2n) is 7.08. The SMILES string of the molecule is CCCSc1ccccc1N1CCN(CCc2ccc(OC)c(OC)c2)CC1. The maximum absolute atomic E-state index is 5.42. The van der Waals surface area contributed by atoms with Crippen LogP contribution in [0, 0.1) is 0 Å². The van der Waals surface area contributed by atoms with Gasteiger partial charge in [-0.2, -0.15) is 0 Å². The van der Waals surface area contributed by atoms with Gasteiger partial charge in [0.1, 0.15) is 0 Å². The summed E-state index contributed by atoms with van der Waals surface area (Å²) in [5.41, 5.74) is 2.70. The van der Waals surface area contributed by atoms with E-state index in [1.54, 1.807) is 14.2 Å². The number of piperazine rings is 1. The molecular formula is C23H32N2O2S. The fourth-order valence-electron chi connectivity index (χ4n) is 3.59. The van der Waals surface area contributed by atoms with Gasteiger partial charge in [-0.3, -0.25) is 4.90 Å². The number of nitrogens with zero attached hydrogens (tertiary/aromatic N) is 2. The molecule has 0 atom stereocenters. The fourth-order valence-corrected chi connectivity index (χ4v) is 4.53. The Labute approximate surface area is 173 Å². The zero-order chi connectivity index (χ0) is 19.8. The van der Waals surface area contributed by atoms with Gasteiger partial charge in [0.2, 0.25) is 0 Å². The van der Waals surface area contributed by atoms with E-state index in [0.717, 1.165) is 50.6 Å². The fraction of sp³-hybridized carbons (Fsp3) is 0.478. The molecule has 0 saturated carbocycles. The van der Waals surface area contributed by atoms with Crippen LogP contribution < -0.4 is 14.4 Å². The summed E-state index contributed by atoms with van der Waals surface area (Å²) in [5, 5.41) is 0. The molecular weight excluding hydrogens is 368 g/mol. The number of methoxy groups -OCH3 is 2. The summed E-state index contributed by atoms with van der Waals surface area (Å²) in [6.07, 6.45) is 2.24. The number of para-hydroxylation sites is 1. The molecule has 0 aliphatic carbocycles. The smallest absolute Gasteiger partial charge is 0.160 e. The lowest BCUT2D eigenvalue weighted by Crippen LogP contribution is -2.47. The van der Waals surface area contributed by atoms with Gasteiger partial charge in [0.25, 0.3) is 0 Å². The standard InChI is InChI=1S/C23H32N2O2S/c1-4-17-28-23-8-6-5-7-20(23)25-15-13-24(14-16-25)12-11-19-9-10-21(26-2)22(18-19)27-3/h5-10,18H,4,11-17H2,1-3H3. The summed E-state index contributed by atoms with van der Waals surface area (Å²) >= 11 is 1.98. The molecule has 3 rings (SSSR count). The molecule has 0 aromatic heterocycles. The molecule has 1 saturated heterocycles. The van der Waals surface area contributed by atoms with Gasteiger partial charge in [-0.05, 0) is 48.4 Å². The minimum Gasteiger partial charge on any atom is -0.493 e. The van der Waals surface area contributed by atoms with E-state index in [9.17, 15) is 0 Å². The lowest BCUT2D eigenvalue weighted by atomic mass is 10.1. The molecule has 4 nitrogen and oxygen atoms in total. The van der Waals surface area contributed by atoms with Crippen LogP contribution in [-0.2, 0) is 6.42 Å². The monoisotopic (exact) mass is 400 g/mol. The summed E-state index contributed by atoms with van der Waals surface area (Å²) in [4.78, 5) is 6.53. The topological polar surface area (TPSA) is 24.9 Å². The molecule has 0 unspecified atom stereocenters. The van der Waals surface area contributed by atoms with Gasteiger partial charge in [0, 0.05) is 37.6 Å². The Morgan fingerprint density at radius 2 is 1.68 bits per heavy atom. The van der Waals surface area contributed by atoms with Crippen LogP contribution in [0.3, 0.4) is 0 Å². The van der Waals surface area contributed by atoms with Crippen LogP contribution in [-0.4, -0.2) is 57.6 Å². The number of anilines is 1. The highest BCUT2D eigenvalue weighted by Gasteiger charge is 2.19. The van der Waals surface area contributed by atoms with Gasteiger partial charge in [-0.1, -0.05) is 25.1 Å².